The zero-order valence-electron chi connectivity index (χ0n) is 10.4. The summed E-state index contributed by atoms with van der Waals surface area (Å²) >= 11 is 2.24. The van der Waals surface area contributed by atoms with E-state index in [0.717, 1.165) is 34.9 Å². The van der Waals surface area contributed by atoms with Gasteiger partial charge in [0.25, 0.3) is 0 Å². The molecule has 0 spiro atoms. The average Bonchev–Trinajstić information content (AvgIpc) is 2.39. The summed E-state index contributed by atoms with van der Waals surface area (Å²) in [6.07, 6.45) is 5.27. The van der Waals surface area contributed by atoms with Gasteiger partial charge in [-0.1, -0.05) is 25.3 Å². The van der Waals surface area contributed by atoms with E-state index in [2.05, 4.69) is 27.9 Å². The maximum absolute atomic E-state index is 12.4. The maximum Gasteiger partial charge on any atom is 0.231 e. The first-order valence-corrected chi connectivity index (χ1v) is 7.51. The van der Waals surface area contributed by atoms with Gasteiger partial charge >= 0.3 is 0 Å². The first kappa shape index (κ1) is 13.8. The number of carbonyl (C=O) groups is 1. The fourth-order valence-electron chi connectivity index (χ4n) is 2.58. The van der Waals surface area contributed by atoms with Crippen molar-refractivity contribution < 1.29 is 4.79 Å². The van der Waals surface area contributed by atoms with Crippen molar-refractivity contribution in [3.63, 3.8) is 0 Å². The molecule has 1 aliphatic rings. The van der Waals surface area contributed by atoms with E-state index in [0.29, 0.717) is 6.54 Å². The quantitative estimate of drug-likeness (QED) is 0.816. The number of carbonyl (C=O) groups excluding carboxylic acids is 1. The summed E-state index contributed by atoms with van der Waals surface area (Å²) in [6.45, 7) is 0.447. The molecule has 3 nitrogen and oxygen atoms in total. The van der Waals surface area contributed by atoms with Gasteiger partial charge in [0.15, 0.2) is 0 Å². The SMILES string of the molecule is NCC1(C(=O)Nc2cccc(I)c2)CCCCC1. The first-order chi connectivity index (χ1) is 8.66. The van der Waals surface area contributed by atoms with E-state index in [1.54, 1.807) is 0 Å². The third kappa shape index (κ3) is 3.03. The number of rotatable bonds is 3. The number of nitrogens with two attached hydrogens (primary N) is 1. The van der Waals surface area contributed by atoms with Gasteiger partial charge in [-0.05, 0) is 53.6 Å². The van der Waals surface area contributed by atoms with Crippen molar-refractivity contribution in [1.82, 2.24) is 0 Å². The number of hydrogen-bond acceptors (Lipinski definition) is 2. The van der Waals surface area contributed by atoms with E-state index in [4.69, 9.17) is 5.73 Å². The lowest BCUT2D eigenvalue weighted by Crippen LogP contribution is -2.43. The molecule has 18 heavy (non-hydrogen) atoms. The summed E-state index contributed by atoms with van der Waals surface area (Å²) in [5, 5.41) is 3.02. The standard InChI is InChI=1S/C14H19IN2O/c15-11-5-4-6-12(9-11)17-13(18)14(10-16)7-2-1-3-8-14/h4-6,9H,1-3,7-8,10,16H2,(H,17,18). The van der Waals surface area contributed by atoms with Crippen molar-refractivity contribution in [1.29, 1.82) is 0 Å². The molecule has 1 fully saturated rings. The van der Waals surface area contributed by atoms with Crippen molar-refractivity contribution in [2.24, 2.45) is 11.1 Å². The number of anilines is 1. The highest BCUT2D eigenvalue weighted by molar-refractivity contribution is 14.1. The highest BCUT2D eigenvalue weighted by Crippen LogP contribution is 2.36. The summed E-state index contributed by atoms with van der Waals surface area (Å²) in [5.74, 6) is 0.0895. The molecule has 0 heterocycles. The predicted octanol–water partition coefficient (Wildman–Crippen LogP) is 3.14. The molecule has 3 N–H and O–H groups in total. The molecule has 1 saturated carbocycles. The fourth-order valence-corrected chi connectivity index (χ4v) is 3.13. The Balaban J connectivity index is 2.10. The number of hydrogen-bond donors (Lipinski definition) is 2. The monoisotopic (exact) mass is 358 g/mol. The van der Waals surface area contributed by atoms with Crippen molar-refractivity contribution in [3.8, 4) is 0 Å². The lowest BCUT2D eigenvalue weighted by Gasteiger charge is -2.34. The second kappa shape index (κ2) is 6.02. The topological polar surface area (TPSA) is 55.1 Å². The first-order valence-electron chi connectivity index (χ1n) is 6.43. The van der Waals surface area contributed by atoms with Gasteiger partial charge in [0, 0.05) is 15.8 Å². The van der Waals surface area contributed by atoms with E-state index >= 15 is 0 Å². The predicted molar refractivity (Wildman–Crippen MR) is 82.4 cm³/mol. The zero-order chi connectivity index (χ0) is 13.0. The van der Waals surface area contributed by atoms with Gasteiger partial charge in [0.2, 0.25) is 5.91 Å². The fraction of sp³-hybridized carbons (Fsp3) is 0.500. The second-order valence-electron chi connectivity index (χ2n) is 5.01. The van der Waals surface area contributed by atoms with E-state index in [9.17, 15) is 4.79 Å². The Morgan fingerprint density at radius 1 is 1.33 bits per heavy atom. The Kier molecular flexibility index (Phi) is 4.61. The van der Waals surface area contributed by atoms with E-state index in [-0.39, 0.29) is 11.3 Å². The third-order valence-electron chi connectivity index (χ3n) is 3.77. The molecule has 2 rings (SSSR count). The Morgan fingerprint density at radius 3 is 2.67 bits per heavy atom. The molecule has 0 atom stereocenters. The molecule has 0 bridgehead atoms. The molecule has 0 aromatic heterocycles. The van der Waals surface area contributed by atoms with Gasteiger partial charge < -0.3 is 11.1 Å². The largest absolute Gasteiger partial charge is 0.329 e. The van der Waals surface area contributed by atoms with Crippen molar-refractivity contribution in [3.05, 3.63) is 27.8 Å². The summed E-state index contributed by atoms with van der Waals surface area (Å²) in [7, 11) is 0. The molecule has 1 aromatic rings. The summed E-state index contributed by atoms with van der Waals surface area (Å²) in [6, 6.07) is 7.86. The average molecular weight is 358 g/mol. The van der Waals surface area contributed by atoms with Gasteiger partial charge in [0.1, 0.15) is 0 Å². The third-order valence-corrected chi connectivity index (χ3v) is 4.44. The minimum atomic E-state index is -0.348. The van der Waals surface area contributed by atoms with Crippen LogP contribution in [0.15, 0.2) is 24.3 Å². The van der Waals surface area contributed by atoms with Crippen LogP contribution in [0, 0.1) is 8.99 Å². The molecule has 0 aliphatic heterocycles. The Hall–Kier alpha value is -0.620. The minimum Gasteiger partial charge on any atom is -0.329 e. The van der Waals surface area contributed by atoms with E-state index in [1.807, 2.05) is 24.3 Å². The zero-order valence-corrected chi connectivity index (χ0v) is 12.6. The van der Waals surface area contributed by atoms with E-state index < -0.39 is 0 Å². The smallest absolute Gasteiger partial charge is 0.231 e. The highest BCUT2D eigenvalue weighted by Gasteiger charge is 2.38. The van der Waals surface area contributed by atoms with Crippen LogP contribution in [0.2, 0.25) is 0 Å². The van der Waals surface area contributed by atoms with Crippen LogP contribution >= 0.6 is 22.6 Å². The van der Waals surface area contributed by atoms with Crippen molar-refractivity contribution in [2.45, 2.75) is 32.1 Å². The second-order valence-corrected chi connectivity index (χ2v) is 6.26. The van der Waals surface area contributed by atoms with Gasteiger partial charge in [-0.25, -0.2) is 0 Å². The van der Waals surface area contributed by atoms with Crippen LogP contribution in [0.4, 0.5) is 5.69 Å². The molecule has 4 heteroatoms. The Labute approximate surface area is 122 Å². The molecular formula is C14H19IN2O. The molecule has 1 aliphatic carbocycles. The van der Waals surface area contributed by atoms with Gasteiger partial charge in [0.05, 0.1) is 5.41 Å². The van der Waals surface area contributed by atoms with Crippen LogP contribution in [-0.4, -0.2) is 12.5 Å². The summed E-state index contributed by atoms with van der Waals surface area (Å²) in [5.41, 5.74) is 6.38. The van der Waals surface area contributed by atoms with Gasteiger partial charge in [-0.3, -0.25) is 4.79 Å². The van der Waals surface area contributed by atoms with Crippen LogP contribution in [0.25, 0.3) is 0 Å². The van der Waals surface area contributed by atoms with Crippen molar-refractivity contribution >= 4 is 34.2 Å². The van der Waals surface area contributed by atoms with Crippen LogP contribution in [0.1, 0.15) is 32.1 Å². The molecule has 0 radical (unpaired) electrons. The molecule has 0 saturated heterocycles. The maximum atomic E-state index is 12.4. The molecular weight excluding hydrogens is 339 g/mol. The normalized spacial score (nSPS) is 18.3. The van der Waals surface area contributed by atoms with Gasteiger partial charge in [-0.2, -0.15) is 0 Å². The summed E-state index contributed by atoms with van der Waals surface area (Å²) in [4.78, 5) is 12.4. The number of nitrogens with one attached hydrogen (secondary N) is 1. The number of halogens is 1. The lowest BCUT2D eigenvalue weighted by atomic mass is 9.73. The van der Waals surface area contributed by atoms with E-state index in [1.165, 1.54) is 6.42 Å². The molecule has 1 amide bonds. The Bertz CT molecular complexity index is 428. The van der Waals surface area contributed by atoms with Crippen LogP contribution < -0.4 is 11.1 Å². The van der Waals surface area contributed by atoms with Crippen LogP contribution in [-0.2, 0) is 4.79 Å². The molecule has 1 aromatic carbocycles. The number of benzene rings is 1. The summed E-state index contributed by atoms with van der Waals surface area (Å²) < 4.78 is 1.12. The van der Waals surface area contributed by atoms with Crippen LogP contribution in [0.5, 0.6) is 0 Å². The molecule has 98 valence electrons. The molecule has 0 unspecified atom stereocenters. The Morgan fingerprint density at radius 2 is 2.06 bits per heavy atom. The lowest BCUT2D eigenvalue weighted by molar-refractivity contribution is -0.126. The van der Waals surface area contributed by atoms with Gasteiger partial charge in [-0.15, -0.1) is 0 Å². The van der Waals surface area contributed by atoms with Crippen LogP contribution in [0.3, 0.4) is 0 Å². The minimum absolute atomic E-state index is 0.0895. The van der Waals surface area contributed by atoms with Crippen molar-refractivity contribution in [2.75, 3.05) is 11.9 Å². The highest BCUT2D eigenvalue weighted by atomic mass is 127. The number of amides is 1.